The van der Waals surface area contributed by atoms with Gasteiger partial charge >= 0.3 is 31.1 Å². The molecule has 0 bridgehead atoms. The maximum Gasteiger partial charge on any atom is 2.00 e. The number of rotatable bonds is 5. The Bertz CT molecular complexity index is 535. The molecule has 4 heteroatoms. The molecule has 142 valence electrons. The van der Waals surface area contributed by atoms with Crippen molar-refractivity contribution in [2.45, 2.75) is 33.2 Å². The molecule has 0 spiro atoms. The van der Waals surface area contributed by atoms with Crippen molar-refractivity contribution in [2.24, 2.45) is 5.92 Å². The van der Waals surface area contributed by atoms with Gasteiger partial charge in [-0.3, -0.25) is 11.5 Å². The molecule has 1 fully saturated rings. The van der Waals surface area contributed by atoms with Crippen molar-refractivity contribution < 1.29 is 31.1 Å². The van der Waals surface area contributed by atoms with Crippen LogP contribution in [0.2, 0.25) is 0 Å². The number of allylic oxidation sites excluding steroid dienone is 3. The Kier molecular flexibility index (Phi) is 16.1. The molecule has 0 aliphatic carbocycles. The van der Waals surface area contributed by atoms with Gasteiger partial charge in [0.05, 0.1) is 0 Å². The Balaban J connectivity index is 0. The maximum atomic E-state index is 7.80. The van der Waals surface area contributed by atoms with E-state index >= 15 is 0 Å². The molecule has 1 aromatic carbocycles. The third-order valence-corrected chi connectivity index (χ3v) is 4.28. The molecule has 1 N–H and O–H groups in total. The zero-order valence-corrected chi connectivity index (χ0v) is 21.3. The smallest absolute Gasteiger partial charge is 0.378 e. The summed E-state index contributed by atoms with van der Waals surface area (Å²) in [7, 11) is 4.13. The summed E-state index contributed by atoms with van der Waals surface area (Å²) in [5.41, 5.74) is 3.46. The van der Waals surface area contributed by atoms with E-state index in [1.165, 1.54) is 36.7 Å². The van der Waals surface area contributed by atoms with Crippen LogP contribution in [-0.2, 0) is 6.54 Å². The van der Waals surface area contributed by atoms with Gasteiger partial charge in [-0.05, 0) is 44.0 Å². The van der Waals surface area contributed by atoms with Crippen LogP contribution in [0.5, 0.6) is 0 Å². The van der Waals surface area contributed by atoms with E-state index in [0.29, 0.717) is 5.92 Å². The molecule has 26 heavy (non-hydrogen) atoms. The van der Waals surface area contributed by atoms with E-state index in [0.717, 1.165) is 18.8 Å². The van der Waals surface area contributed by atoms with E-state index in [-0.39, 0.29) is 38.5 Å². The average Bonchev–Trinajstić information content (AvgIpc) is 2.57. The van der Waals surface area contributed by atoms with Crippen LogP contribution in [0.15, 0.2) is 42.5 Å². The van der Waals surface area contributed by atoms with Gasteiger partial charge in [0.1, 0.15) is 0 Å². The second-order valence-corrected chi connectivity index (χ2v) is 6.54. The van der Waals surface area contributed by atoms with Gasteiger partial charge in [0.2, 0.25) is 0 Å². The summed E-state index contributed by atoms with van der Waals surface area (Å²) in [6.07, 6.45) is 7.56. The molecule has 0 radical (unpaired) electrons. The predicted octanol–water partition coefficient (Wildman–Crippen LogP) is 5.01. The van der Waals surface area contributed by atoms with Crippen molar-refractivity contribution in [3.8, 4) is 0 Å². The zero-order chi connectivity index (χ0) is 17.9. The topological polar surface area (TPSA) is 30.3 Å². The molecule has 1 heterocycles. The maximum absolute atomic E-state index is 7.80. The van der Waals surface area contributed by atoms with Gasteiger partial charge in [0.25, 0.3) is 0 Å². The third-order valence-electron chi connectivity index (χ3n) is 4.28. The van der Waals surface area contributed by atoms with Crippen molar-refractivity contribution in [3.63, 3.8) is 0 Å². The number of hydrogen-bond acceptors (Lipinski definition) is 3. The number of nitrogens with zero attached hydrogens (tertiary/aromatic N) is 2. The van der Waals surface area contributed by atoms with Gasteiger partial charge in [-0.2, -0.15) is 6.08 Å². The number of piperidine rings is 1. The van der Waals surface area contributed by atoms with E-state index in [9.17, 15) is 0 Å². The van der Waals surface area contributed by atoms with Crippen molar-refractivity contribution in [1.82, 2.24) is 4.90 Å². The van der Waals surface area contributed by atoms with E-state index in [1.807, 2.05) is 19.9 Å². The van der Waals surface area contributed by atoms with Crippen LogP contribution in [-0.4, -0.2) is 37.8 Å². The van der Waals surface area contributed by atoms with Gasteiger partial charge < -0.3 is 17.7 Å². The first-order chi connectivity index (χ1) is 11.5. The summed E-state index contributed by atoms with van der Waals surface area (Å²) in [5.74, 6) is 0.467. The quantitative estimate of drug-likeness (QED) is 0.302. The molecule has 0 aromatic heterocycles. The first kappa shape index (κ1) is 27.4. The molecule has 0 amide bonds. The molecule has 1 atom stereocenters. The van der Waals surface area contributed by atoms with E-state index < -0.39 is 0 Å². The number of anilines is 1. The van der Waals surface area contributed by atoms with Crippen LogP contribution < -0.4 is 4.90 Å². The van der Waals surface area contributed by atoms with Crippen molar-refractivity contribution in [2.75, 3.05) is 32.1 Å². The summed E-state index contributed by atoms with van der Waals surface area (Å²) >= 11 is 0. The summed E-state index contributed by atoms with van der Waals surface area (Å²) < 4.78 is 0. The molecule has 1 saturated heterocycles. The summed E-state index contributed by atoms with van der Waals surface area (Å²) in [6, 6.07) is 8.80. The minimum atomic E-state index is 0. The standard InChI is InChI=1S/C16H25N3.C5H7.CH3.U/c1-13(17)15-5-4-10-19(12-15)11-14-6-8-16(9-7-14)18(2)3;1-3-5-4-2;;/h6-9,15,17H,4-5,10-12H2,1-3H3;1,3-5H,2H3;1H3;/q;2*-1;+2/b;5-4+;;. The van der Waals surface area contributed by atoms with Crippen LogP contribution in [0.3, 0.4) is 0 Å². The molecule has 1 aliphatic heterocycles. The van der Waals surface area contributed by atoms with Gasteiger partial charge in [0, 0.05) is 44.5 Å². The minimum Gasteiger partial charge on any atom is -0.378 e. The molecule has 1 aromatic rings. The Labute approximate surface area is 185 Å². The Morgan fingerprint density at radius 2 is 1.92 bits per heavy atom. The number of nitrogens with one attached hydrogen (secondary N) is 1. The fourth-order valence-corrected chi connectivity index (χ4v) is 2.82. The van der Waals surface area contributed by atoms with E-state index in [2.05, 4.69) is 48.2 Å². The number of benzene rings is 1. The van der Waals surface area contributed by atoms with Gasteiger partial charge in [-0.1, -0.05) is 19.1 Å². The fourth-order valence-electron chi connectivity index (χ4n) is 2.82. The zero-order valence-electron chi connectivity index (χ0n) is 17.1. The summed E-state index contributed by atoms with van der Waals surface area (Å²) in [5, 5.41) is 7.80. The normalized spacial score (nSPS) is 16.5. The van der Waals surface area contributed by atoms with Crippen molar-refractivity contribution >= 4 is 11.4 Å². The predicted molar refractivity (Wildman–Crippen MR) is 112 cm³/mol. The fraction of sp³-hybridized carbons (Fsp3) is 0.455. The van der Waals surface area contributed by atoms with Crippen LogP contribution in [0.1, 0.15) is 32.3 Å². The van der Waals surface area contributed by atoms with E-state index in [4.69, 9.17) is 12.0 Å². The van der Waals surface area contributed by atoms with Gasteiger partial charge in [0.15, 0.2) is 0 Å². The van der Waals surface area contributed by atoms with Crippen LogP contribution >= 0.6 is 0 Å². The second kappa shape index (κ2) is 15.3. The van der Waals surface area contributed by atoms with Crippen molar-refractivity contribution in [1.29, 1.82) is 5.41 Å². The van der Waals surface area contributed by atoms with Crippen LogP contribution in [0.25, 0.3) is 0 Å². The van der Waals surface area contributed by atoms with Gasteiger partial charge in [-0.25, -0.2) is 12.2 Å². The van der Waals surface area contributed by atoms with Gasteiger partial charge in [-0.15, -0.1) is 0 Å². The van der Waals surface area contributed by atoms with E-state index in [1.54, 1.807) is 6.08 Å². The Morgan fingerprint density at radius 1 is 1.31 bits per heavy atom. The summed E-state index contributed by atoms with van der Waals surface area (Å²) in [4.78, 5) is 4.61. The molecule has 2 rings (SSSR count). The monoisotopic (exact) mass is 579 g/mol. The Morgan fingerprint density at radius 3 is 2.35 bits per heavy atom. The second-order valence-electron chi connectivity index (χ2n) is 6.54. The number of hydrogen-bond donors (Lipinski definition) is 1. The van der Waals surface area contributed by atoms with Crippen LogP contribution in [0, 0.1) is 56.4 Å². The van der Waals surface area contributed by atoms with Crippen LogP contribution in [0.4, 0.5) is 5.69 Å². The summed E-state index contributed by atoms with van der Waals surface area (Å²) in [6.45, 7) is 12.0. The number of likely N-dealkylation sites (tertiary alicyclic amines) is 1. The molecular formula is C22H35N3U. The molecule has 3 nitrogen and oxygen atoms in total. The minimum absolute atomic E-state index is 0. The molecule has 1 aliphatic rings. The van der Waals surface area contributed by atoms with Crippen molar-refractivity contribution in [3.05, 3.63) is 62.1 Å². The first-order valence-corrected chi connectivity index (χ1v) is 8.67. The molecule has 1 unspecified atom stereocenters. The Hall–Kier alpha value is -0.818. The SMILES string of the molecule is CC(=N)C1CCCN(Cc2ccc(N(C)C)cc2)C1.[CH-]=C/C=C/C.[CH3-].[U+2]. The molecular weight excluding hydrogens is 544 g/mol. The third kappa shape index (κ3) is 10.4. The largest absolute Gasteiger partial charge is 2.00 e. The molecule has 0 saturated carbocycles. The average molecular weight is 580 g/mol. The first-order valence-electron chi connectivity index (χ1n) is 8.67.